The molecule has 1 saturated heterocycles. The zero-order chi connectivity index (χ0) is 27.7. The zero-order valence-electron chi connectivity index (χ0n) is 22.1. The number of piperidine rings is 1. The van der Waals surface area contributed by atoms with Crippen molar-refractivity contribution >= 4 is 34.8 Å². The molecule has 1 fully saturated rings. The number of nitro groups is 1. The van der Waals surface area contributed by atoms with E-state index >= 15 is 0 Å². The molecule has 9 nitrogen and oxygen atoms in total. The van der Waals surface area contributed by atoms with Gasteiger partial charge in [0.2, 0.25) is 0 Å². The lowest BCUT2D eigenvalue weighted by atomic mass is 9.96. The fraction of sp³-hybridized carbons (Fsp3) is 0.345. The molecule has 2 aliphatic rings. The molecular weight excluding hydrogens is 516 g/mol. The molecule has 0 amide bonds. The Kier molecular flexibility index (Phi) is 7.47. The molecule has 2 aliphatic heterocycles. The van der Waals surface area contributed by atoms with Gasteiger partial charge in [0.25, 0.3) is 11.2 Å². The summed E-state index contributed by atoms with van der Waals surface area (Å²) in [5.41, 5.74) is 2.43. The maximum Gasteiger partial charge on any atom is 0.338 e. The van der Waals surface area contributed by atoms with Gasteiger partial charge in [0.05, 0.1) is 32.9 Å². The Balaban J connectivity index is 1.63. The lowest BCUT2D eigenvalue weighted by Crippen LogP contribution is -2.40. The maximum atomic E-state index is 13.8. The average Bonchev–Trinajstić information content (AvgIpc) is 3.22. The first-order chi connectivity index (χ1) is 18.7. The molecule has 3 heterocycles. The van der Waals surface area contributed by atoms with Gasteiger partial charge in [0.1, 0.15) is 5.69 Å². The van der Waals surface area contributed by atoms with E-state index in [0.29, 0.717) is 31.9 Å². The van der Waals surface area contributed by atoms with Crippen LogP contribution in [0.2, 0.25) is 0 Å². The number of carbonyl (C=O) groups excluding carboxylic acids is 1. The molecule has 0 spiro atoms. The molecule has 0 bridgehead atoms. The Labute approximate surface area is 229 Å². The van der Waals surface area contributed by atoms with Gasteiger partial charge in [-0.2, -0.15) is 0 Å². The van der Waals surface area contributed by atoms with Crippen molar-refractivity contribution in [2.75, 3.05) is 18.0 Å². The number of carbonyl (C=O) groups is 1. The number of thiazole rings is 1. The van der Waals surface area contributed by atoms with Crippen molar-refractivity contribution in [2.24, 2.45) is 4.99 Å². The Morgan fingerprint density at radius 1 is 1.15 bits per heavy atom. The number of fused-ring (bicyclic) bond motifs is 1. The fourth-order valence-corrected chi connectivity index (χ4v) is 6.19. The van der Waals surface area contributed by atoms with Crippen molar-refractivity contribution in [3.63, 3.8) is 0 Å². The smallest absolute Gasteiger partial charge is 0.338 e. The van der Waals surface area contributed by atoms with E-state index in [1.807, 2.05) is 30.3 Å². The highest BCUT2D eigenvalue weighted by atomic mass is 32.1. The van der Waals surface area contributed by atoms with Crippen molar-refractivity contribution in [1.82, 2.24) is 4.57 Å². The highest BCUT2D eigenvalue weighted by Gasteiger charge is 2.33. The Morgan fingerprint density at radius 2 is 1.87 bits per heavy atom. The normalized spacial score (nSPS) is 17.7. The lowest BCUT2D eigenvalue weighted by Gasteiger charge is -2.28. The van der Waals surface area contributed by atoms with Crippen LogP contribution >= 0.6 is 11.3 Å². The summed E-state index contributed by atoms with van der Waals surface area (Å²) in [4.78, 5) is 45.6. The standard InChI is InChI=1S/C29H30N4O5S/c1-18(2)38-28(35)25-19(3)30-29-32(26(25)21-10-6-4-7-11-21)27(34)24(39-29)17-20-12-13-22(23(16-20)33(36)37)31-14-8-5-9-15-31/h4,6-7,10-13,16-18,26H,5,8-9,14-15H2,1-3H3. The van der Waals surface area contributed by atoms with Gasteiger partial charge >= 0.3 is 5.97 Å². The minimum absolute atomic E-state index is 0.0233. The molecule has 0 saturated carbocycles. The van der Waals surface area contributed by atoms with Crippen molar-refractivity contribution in [2.45, 2.75) is 52.2 Å². The van der Waals surface area contributed by atoms with Crippen LogP contribution in [0, 0.1) is 10.1 Å². The number of nitrogens with zero attached hydrogens (tertiary/aromatic N) is 4. The molecule has 2 aromatic carbocycles. The van der Waals surface area contributed by atoms with Gasteiger partial charge in [0, 0.05) is 19.2 Å². The van der Waals surface area contributed by atoms with Crippen molar-refractivity contribution in [3.05, 3.63) is 101 Å². The molecule has 1 aromatic heterocycles. The summed E-state index contributed by atoms with van der Waals surface area (Å²) < 4.78 is 7.42. The Hall–Kier alpha value is -4.05. The minimum Gasteiger partial charge on any atom is -0.459 e. The summed E-state index contributed by atoms with van der Waals surface area (Å²) in [6, 6.07) is 13.7. The molecule has 202 valence electrons. The van der Waals surface area contributed by atoms with Gasteiger partial charge in [0.15, 0.2) is 4.80 Å². The summed E-state index contributed by atoms with van der Waals surface area (Å²) in [7, 11) is 0. The van der Waals surface area contributed by atoms with Gasteiger partial charge in [-0.3, -0.25) is 19.5 Å². The van der Waals surface area contributed by atoms with Crippen molar-refractivity contribution in [1.29, 1.82) is 0 Å². The van der Waals surface area contributed by atoms with Crippen LogP contribution < -0.4 is 19.8 Å². The van der Waals surface area contributed by atoms with Gasteiger partial charge in [-0.1, -0.05) is 47.7 Å². The van der Waals surface area contributed by atoms with E-state index in [1.165, 1.54) is 22.0 Å². The monoisotopic (exact) mass is 546 g/mol. The van der Waals surface area contributed by atoms with E-state index in [0.717, 1.165) is 37.9 Å². The second-order valence-electron chi connectivity index (χ2n) is 10.00. The fourth-order valence-electron chi connectivity index (χ4n) is 5.14. The minimum atomic E-state index is -0.702. The SMILES string of the molecule is CC1=C(C(=O)OC(C)C)C(c2ccccc2)n2c(sc(=Cc3ccc(N4CCCCC4)c([N+](=O)[O-])c3)c2=O)=N1. The Bertz CT molecular complexity index is 1630. The molecule has 1 atom stereocenters. The van der Waals surface area contributed by atoms with E-state index in [4.69, 9.17) is 4.74 Å². The summed E-state index contributed by atoms with van der Waals surface area (Å²) in [5, 5.41) is 11.9. The molecule has 1 unspecified atom stereocenters. The summed E-state index contributed by atoms with van der Waals surface area (Å²) in [6.07, 6.45) is 4.47. The lowest BCUT2D eigenvalue weighted by molar-refractivity contribution is -0.384. The first-order valence-electron chi connectivity index (χ1n) is 13.1. The zero-order valence-corrected chi connectivity index (χ0v) is 22.9. The highest BCUT2D eigenvalue weighted by molar-refractivity contribution is 7.07. The number of hydrogen-bond acceptors (Lipinski definition) is 8. The third-order valence-corrected chi connectivity index (χ3v) is 7.87. The van der Waals surface area contributed by atoms with Gasteiger partial charge in [-0.05, 0) is 63.3 Å². The van der Waals surface area contributed by atoms with Crippen molar-refractivity contribution in [3.8, 4) is 0 Å². The van der Waals surface area contributed by atoms with Crippen LogP contribution in [0.4, 0.5) is 11.4 Å². The van der Waals surface area contributed by atoms with Crippen LogP contribution in [0.25, 0.3) is 6.08 Å². The van der Waals surface area contributed by atoms with Crippen LogP contribution in [-0.4, -0.2) is 34.7 Å². The van der Waals surface area contributed by atoms with Gasteiger partial charge in [-0.25, -0.2) is 9.79 Å². The molecule has 0 aliphatic carbocycles. The molecule has 0 N–H and O–H groups in total. The summed E-state index contributed by atoms with van der Waals surface area (Å²) in [6.45, 7) is 6.87. The number of benzene rings is 2. The molecule has 5 rings (SSSR count). The van der Waals surface area contributed by atoms with E-state index < -0.39 is 12.0 Å². The van der Waals surface area contributed by atoms with Crippen LogP contribution in [0.5, 0.6) is 0 Å². The van der Waals surface area contributed by atoms with Crippen LogP contribution in [0.1, 0.15) is 57.2 Å². The molecular formula is C29H30N4O5S. The topological polar surface area (TPSA) is 107 Å². The highest BCUT2D eigenvalue weighted by Crippen LogP contribution is 2.32. The summed E-state index contributed by atoms with van der Waals surface area (Å²) in [5.74, 6) is -0.515. The average molecular weight is 547 g/mol. The van der Waals surface area contributed by atoms with Crippen LogP contribution in [0.3, 0.4) is 0 Å². The molecule has 10 heteroatoms. The van der Waals surface area contributed by atoms with E-state index in [2.05, 4.69) is 9.89 Å². The second-order valence-corrected chi connectivity index (χ2v) is 11.0. The predicted octanol–water partition coefficient (Wildman–Crippen LogP) is 4.09. The quantitative estimate of drug-likeness (QED) is 0.262. The largest absolute Gasteiger partial charge is 0.459 e. The number of ether oxygens (including phenoxy) is 1. The van der Waals surface area contributed by atoms with E-state index in [9.17, 15) is 19.7 Å². The number of aromatic nitrogens is 1. The maximum absolute atomic E-state index is 13.8. The molecule has 39 heavy (non-hydrogen) atoms. The molecule has 3 aromatic rings. The predicted molar refractivity (Wildman–Crippen MR) is 151 cm³/mol. The van der Waals surface area contributed by atoms with Gasteiger partial charge in [-0.15, -0.1) is 0 Å². The number of esters is 1. The first-order valence-corrected chi connectivity index (χ1v) is 13.9. The number of anilines is 1. The second kappa shape index (κ2) is 11.0. The van der Waals surface area contributed by atoms with E-state index in [1.54, 1.807) is 39.0 Å². The number of hydrogen-bond donors (Lipinski definition) is 0. The Morgan fingerprint density at radius 3 is 2.54 bits per heavy atom. The van der Waals surface area contributed by atoms with Crippen LogP contribution in [-0.2, 0) is 9.53 Å². The first kappa shape index (κ1) is 26.6. The van der Waals surface area contributed by atoms with Crippen LogP contribution in [0.15, 0.2) is 69.6 Å². The van der Waals surface area contributed by atoms with Crippen molar-refractivity contribution < 1.29 is 14.5 Å². The third kappa shape index (κ3) is 5.29. The third-order valence-electron chi connectivity index (χ3n) is 6.89. The number of rotatable bonds is 6. The number of allylic oxidation sites excluding steroid dienone is 1. The summed E-state index contributed by atoms with van der Waals surface area (Å²) >= 11 is 1.19. The van der Waals surface area contributed by atoms with E-state index in [-0.39, 0.29) is 22.3 Å². The molecule has 0 radical (unpaired) electrons. The van der Waals surface area contributed by atoms with Gasteiger partial charge < -0.3 is 9.64 Å². The number of nitro benzene ring substituents is 1.